The van der Waals surface area contributed by atoms with Gasteiger partial charge in [0.2, 0.25) is 0 Å². The summed E-state index contributed by atoms with van der Waals surface area (Å²) in [6.45, 7) is 3.21. The molecule has 1 aromatic rings. The first-order chi connectivity index (χ1) is 6.83. The first-order valence-corrected chi connectivity index (χ1v) is 5.56. The average molecular weight is 213 g/mol. The molecule has 0 atom stereocenters. The average Bonchev–Trinajstić information content (AvgIpc) is 2.21. The van der Waals surface area contributed by atoms with E-state index in [1.54, 1.807) is 6.20 Å². The van der Waals surface area contributed by atoms with Crippen LogP contribution in [0.15, 0.2) is 18.3 Å². The van der Waals surface area contributed by atoms with Gasteiger partial charge in [0.05, 0.1) is 5.02 Å². The number of pyridine rings is 1. The van der Waals surface area contributed by atoms with Crippen molar-refractivity contribution in [1.82, 2.24) is 4.98 Å². The molecule has 0 bridgehead atoms. The molecule has 78 valence electrons. The molecule has 0 saturated carbocycles. The van der Waals surface area contributed by atoms with Crippen molar-refractivity contribution in [1.29, 1.82) is 0 Å². The predicted octanol–water partition coefficient (Wildman–Crippen LogP) is 3.73. The minimum atomic E-state index is 0.682. The maximum Gasteiger partial charge on any atom is 0.125 e. The van der Waals surface area contributed by atoms with E-state index in [2.05, 4.69) is 17.2 Å². The highest BCUT2D eigenvalue weighted by molar-refractivity contribution is 6.30. The summed E-state index contributed by atoms with van der Waals surface area (Å²) in [7, 11) is 0. The maximum atomic E-state index is 5.72. The molecule has 0 fully saturated rings. The minimum absolute atomic E-state index is 0.682. The van der Waals surface area contributed by atoms with E-state index < -0.39 is 0 Å². The predicted molar refractivity (Wildman–Crippen MR) is 61.9 cm³/mol. The van der Waals surface area contributed by atoms with Crippen LogP contribution < -0.4 is 5.32 Å². The lowest BCUT2D eigenvalue weighted by molar-refractivity contribution is 0.684. The summed E-state index contributed by atoms with van der Waals surface area (Å²) in [5.41, 5.74) is 0. The molecule has 14 heavy (non-hydrogen) atoms. The Balaban J connectivity index is 2.15. The standard InChI is InChI=1S/C11H17ClN2/c1-2-3-4-5-8-13-11-7-6-10(12)9-14-11/h6-7,9H,2-5,8H2,1H3,(H,13,14). The second-order valence-corrected chi connectivity index (χ2v) is 3.79. The highest BCUT2D eigenvalue weighted by atomic mass is 35.5. The second-order valence-electron chi connectivity index (χ2n) is 3.35. The molecule has 0 amide bonds. The van der Waals surface area contributed by atoms with Crippen molar-refractivity contribution in [3.8, 4) is 0 Å². The summed E-state index contributed by atoms with van der Waals surface area (Å²) >= 11 is 5.72. The summed E-state index contributed by atoms with van der Waals surface area (Å²) in [6.07, 6.45) is 6.75. The van der Waals surface area contributed by atoms with E-state index in [1.807, 2.05) is 12.1 Å². The highest BCUT2D eigenvalue weighted by Gasteiger charge is 1.92. The Hall–Kier alpha value is -0.760. The van der Waals surface area contributed by atoms with Gasteiger partial charge in [0.15, 0.2) is 0 Å². The molecule has 0 aromatic carbocycles. The van der Waals surface area contributed by atoms with E-state index in [9.17, 15) is 0 Å². The lowest BCUT2D eigenvalue weighted by Gasteiger charge is -2.04. The number of anilines is 1. The third-order valence-corrected chi connectivity index (χ3v) is 2.29. The Labute approximate surface area is 90.7 Å². The molecule has 0 aliphatic heterocycles. The largest absolute Gasteiger partial charge is 0.370 e. The van der Waals surface area contributed by atoms with E-state index in [0.29, 0.717) is 5.02 Å². The van der Waals surface area contributed by atoms with Crippen LogP contribution in [0.5, 0.6) is 0 Å². The molecule has 3 heteroatoms. The van der Waals surface area contributed by atoms with E-state index in [-0.39, 0.29) is 0 Å². The van der Waals surface area contributed by atoms with Crippen molar-refractivity contribution in [2.24, 2.45) is 0 Å². The van der Waals surface area contributed by atoms with Crippen LogP contribution >= 0.6 is 11.6 Å². The first-order valence-electron chi connectivity index (χ1n) is 5.18. The quantitative estimate of drug-likeness (QED) is 0.727. The van der Waals surface area contributed by atoms with Gasteiger partial charge in [0.1, 0.15) is 5.82 Å². The van der Waals surface area contributed by atoms with E-state index in [0.717, 1.165) is 12.4 Å². The summed E-state index contributed by atoms with van der Waals surface area (Å²) in [4.78, 5) is 4.15. The van der Waals surface area contributed by atoms with Gasteiger partial charge in [0, 0.05) is 12.7 Å². The number of rotatable bonds is 6. The van der Waals surface area contributed by atoms with Crippen molar-refractivity contribution in [3.05, 3.63) is 23.4 Å². The van der Waals surface area contributed by atoms with Gasteiger partial charge in [-0.2, -0.15) is 0 Å². The number of halogens is 1. The molecule has 1 heterocycles. The Kier molecular flexibility index (Phi) is 5.38. The summed E-state index contributed by atoms with van der Waals surface area (Å²) in [5.74, 6) is 0.908. The van der Waals surface area contributed by atoms with Gasteiger partial charge < -0.3 is 5.32 Å². The lowest BCUT2D eigenvalue weighted by atomic mass is 10.2. The van der Waals surface area contributed by atoms with Crippen LogP contribution in [0.1, 0.15) is 32.6 Å². The second kappa shape index (κ2) is 6.66. The Morgan fingerprint density at radius 1 is 1.29 bits per heavy atom. The molecular formula is C11H17ClN2. The van der Waals surface area contributed by atoms with Gasteiger partial charge in [-0.1, -0.05) is 37.8 Å². The van der Waals surface area contributed by atoms with Crippen molar-refractivity contribution in [3.63, 3.8) is 0 Å². The molecule has 1 aromatic heterocycles. The Morgan fingerprint density at radius 2 is 2.14 bits per heavy atom. The summed E-state index contributed by atoms with van der Waals surface area (Å²) < 4.78 is 0. The molecule has 1 rings (SSSR count). The SMILES string of the molecule is CCCCCCNc1ccc(Cl)cn1. The van der Waals surface area contributed by atoms with Gasteiger partial charge in [-0.15, -0.1) is 0 Å². The zero-order valence-electron chi connectivity index (χ0n) is 8.59. The topological polar surface area (TPSA) is 24.9 Å². The van der Waals surface area contributed by atoms with Crippen molar-refractivity contribution < 1.29 is 0 Å². The molecule has 0 aliphatic rings. The van der Waals surface area contributed by atoms with Crippen molar-refractivity contribution >= 4 is 17.4 Å². The number of hydrogen-bond donors (Lipinski definition) is 1. The molecular weight excluding hydrogens is 196 g/mol. The normalized spacial score (nSPS) is 10.1. The van der Waals surface area contributed by atoms with Gasteiger partial charge >= 0.3 is 0 Å². The molecule has 0 unspecified atom stereocenters. The molecule has 1 N–H and O–H groups in total. The lowest BCUT2D eigenvalue weighted by Crippen LogP contribution is -2.02. The molecule has 0 spiro atoms. The summed E-state index contributed by atoms with van der Waals surface area (Å²) in [6, 6.07) is 3.76. The fourth-order valence-corrected chi connectivity index (χ4v) is 1.36. The monoisotopic (exact) mass is 212 g/mol. The van der Waals surface area contributed by atoms with E-state index in [4.69, 9.17) is 11.6 Å². The number of nitrogens with zero attached hydrogens (tertiary/aromatic N) is 1. The fourth-order valence-electron chi connectivity index (χ4n) is 1.25. The van der Waals surface area contributed by atoms with Crippen LogP contribution in [0.3, 0.4) is 0 Å². The van der Waals surface area contributed by atoms with Crippen LogP contribution in [0.4, 0.5) is 5.82 Å². The molecule has 2 nitrogen and oxygen atoms in total. The van der Waals surface area contributed by atoms with Gasteiger partial charge in [-0.05, 0) is 18.6 Å². The number of nitrogens with one attached hydrogen (secondary N) is 1. The zero-order chi connectivity index (χ0) is 10.2. The Bertz CT molecular complexity index is 246. The van der Waals surface area contributed by atoms with E-state index in [1.165, 1.54) is 25.7 Å². The number of aromatic nitrogens is 1. The van der Waals surface area contributed by atoms with Crippen LogP contribution in [0.2, 0.25) is 5.02 Å². The maximum absolute atomic E-state index is 5.72. The number of unbranched alkanes of at least 4 members (excludes halogenated alkanes) is 3. The van der Waals surface area contributed by atoms with Crippen molar-refractivity contribution in [2.45, 2.75) is 32.6 Å². The van der Waals surface area contributed by atoms with Crippen LogP contribution in [-0.2, 0) is 0 Å². The minimum Gasteiger partial charge on any atom is -0.370 e. The molecule has 0 radical (unpaired) electrons. The van der Waals surface area contributed by atoms with Gasteiger partial charge in [-0.25, -0.2) is 4.98 Å². The molecule has 0 saturated heterocycles. The van der Waals surface area contributed by atoms with Crippen LogP contribution in [0, 0.1) is 0 Å². The van der Waals surface area contributed by atoms with Crippen molar-refractivity contribution in [2.75, 3.05) is 11.9 Å². The van der Waals surface area contributed by atoms with Gasteiger partial charge in [0.25, 0.3) is 0 Å². The molecule has 0 aliphatic carbocycles. The zero-order valence-corrected chi connectivity index (χ0v) is 9.35. The first kappa shape index (κ1) is 11.3. The third-order valence-electron chi connectivity index (χ3n) is 2.06. The van der Waals surface area contributed by atoms with Crippen LogP contribution in [0.25, 0.3) is 0 Å². The summed E-state index contributed by atoms with van der Waals surface area (Å²) in [5, 5.41) is 3.94. The fraction of sp³-hybridized carbons (Fsp3) is 0.545. The van der Waals surface area contributed by atoms with Crippen LogP contribution in [-0.4, -0.2) is 11.5 Å². The number of hydrogen-bond acceptors (Lipinski definition) is 2. The Morgan fingerprint density at radius 3 is 2.79 bits per heavy atom. The van der Waals surface area contributed by atoms with Gasteiger partial charge in [-0.3, -0.25) is 0 Å². The highest BCUT2D eigenvalue weighted by Crippen LogP contribution is 2.09. The third kappa shape index (κ3) is 4.47. The smallest absolute Gasteiger partial charge is 0.125 e. The van der Waals surface area contributed by atoms with E-state index >= 15 is 0 Å².